The number of thiophene rings is 1. The van der Waals surface area contributed by atoms with Gasteiger partial charge in [0.15, 0.2) is 0 Å². The second-order valence-electron chi connectivity index (χ2n) is 6.76. The first-order valence-electron chi connectivity index (χ1n) is 9.44. The standard InChI is InChI=1S/C21H22N4O3S/c26-20(25-12-10-24(11-13-25)15-17-7-4-14-28-17)18-8-9-19(29-18)23-21(27)22-16-5-2-1-3-6-16/h1-9,14H,10-13,15H2,(H2,22,23,27). The number of anilines is 2. The van der Waals surface area contributed by atoms with Gasteiger partial charge in [-0.1, -0.05) is 18.2 Å². The maximum Gasteiger partial charge on any atom is 0.324 e. The molecule has 0 atom stereocenters. The van der Waals surface area contributed by atoms with Gasteiger partial charge in [0.2, 0.25) is 0 Å². The summed E-state index contributed by atoms with van der Waals surface area (Å²) in [6, 6.07) is 16.3. The molecule has 8 heteroatoms. The maximum atomic E-state index is 12.8. The molecule has 1 aromatic carbocycles. The number of hydrogen-bond donors (Lipinski definition) is 2. The molecule has 29 heavy (non-hydrogen) atoms. The van der Waals surface area contributed by atoms with Crippen LogP contribution in [-0.4, -0.2) is 47.9 Å². The molecule has 1 saturated heterocycles. The number of rotatable bonds is 5. The predicted octanol–water partition coefficient (Wildman–Crippen LogP) is 3.94. The van der Waals surface area contributed by atoms with Gasteiger partial charge in [0, 0.05) is 31.9 Å². The summed E-state index contributed by atoms with van der Waals surface area (Å²) in [5.41, 5.74) is 0.713. The van der Waals surface area contributed by atoms with Crippen LogP contribution in [0.15, 0.2) is 65.3 Å². The highest BCUT2D eigenvalue weighted by molar-refractivity contribution is 7.18. The van der Waals surface area contributed by atoms with E-state index in [0.29, 0.717) is 28.7 Å². The zero-order valence-electron chi connectivity index (χ0n) is 15.8. The summed E-state index contributed by atoms with van der Waals surface area (Å²) in [6.45, 7) is 3.73. The molecule has 2 N–H and O–H groups in total. The Labute approximate surface area is 172 Å². The fourth-order valence-corrected chi connectivity index (χ4v) is 4.07. The molecule has 0 unspecified atom stereocenters. The van der Waals surface area contributed by atoms with Crippen LogP contribution >= 0.6 is 11.3 Å². The zero-order valence-corrected chi connectivity index (χ0v) is 16.7. The summed E-state index contributed by atoms with van der Waals surface area (Å²) in [7, 11) is 0. The zero-order chi connectivity index (χ0) is 20.1. The van der Waals surface area contributed by atoms with Gasteiger partial charge in [-0.15, -0.1) is 11.3 Å². The Hall–Kier alpha value is -3.10. The number of benzene rings is 1. The Balaban J connectivity index is 1.28. The minimum atomic E-state index is -0.330. The van der Waals surface area contributed by atoms with Crippen molar-refractivity contribution in [3.05, 3.63) is 71.5 Å². The molecule has 0 spiro atoms. The van der Waals surface area contributed by atoms with Crippen molar-refractivity contribution in [1.82, 2.24) is 9.80 Å². The lowest BCUT2D eigenvalue weighted by Crippen LogP contribution is -2.48. The van der Waals surface area contributed by atoms with E-state index in [1.54, 1.807) is 18.4 Å². The molecule has 0 aliphatic carbocycles. The van der Waals surface area contributed by atoms with Gasteiger partial charge in [-0.05, 0) is 36.4 Å². The number of nitrogens with one attached hydrogen (secondary N) is 2. The van der Waals surface area contributed by atoms with Crippen LogP contribution in [0.5, 0.6) is 0 Å². The Morgan fingerprint density at radius 1 is 0.931 bits per heavy atom. The third kappa shape index (κ3) is 5.04. The average Bonchev–Trinajstić information content (AvgIpc) is 3.41. The molecule has 0 radical (unpaired) electrons. The molecule has 3 heterocycles. The van der Waals surface area contributed by atoms with Gasteiger partial charge in [0.05, 0.1) is 22.7 Å². The van der Waals surface area contributed by atoms with Crippen LogP contribution in [0.3, 0.4) is 0 Å². The number of carbonyl (C=O) groups is 2. The highest BCUT2D eigenvalue weighted by atomic mass is 32.1. The molecule has 3 aromatic rings. The number of carbonyl (C=O) groups excluding carboxylic acids is 2. The van der Waals surface area contributed by atoms with Crippen LogP contribution in [-0.2, 0) is 6.54 Å². The molecule has 4 rings (SSSR count). The van der Waals surface area contributed by atoms with Gasteiger partial charge in [0.1, 0.15) is 5.76 Å². The van der Waals surface area contributed by atoms with E-state index in [1.165, 1.54) is 11.3 Å². The number of urea groups is 1. The van der Waals surface area contributed by atoms with Crippen molar-refractivity contribution in [1.29, 1.82) is 0 Å². The summed E-state index contributed by atoms with van der Waals surface area (Å²) < 4.78 is 5.39. The largest absolute Gasteiger partial charge is 0.468 e. The smallest absolute Gasteiger partial charge is 0.324 e. The molecule has 0 saturated carbocycles. The van der Waals surface area contributed by atoms with Crippen molar-refractivity contribution in [3.63, 3.8) is 0 Å². The molecule has 0 bridgehead atoms. The van der Waals surface area contributed by atoms with Crippen LogP contribution in [0, 0.1) is 0 Å². The topological polar surface area (TPSA) is 77.8 Å². The number of piperazine rings is 1. The van der Waals surface area contributed by atoms with E-state index >= 15 is 0 Å². The van der Waals surface area contributed by atoms with Crippen molar-refractivity contribution in [2.75, 3.05) is 36.8 Å². The fourth-order valence-electron chi connectivity index (χ4n) is 3.20. The molecule has 3 amide bonds. The number of para-hydroxylation sites is 1. The van der Waals surface area contributed by atoms with Crippen LogP contribution in [0.4, 0.5) is 15.5 Å². The maximum absolute atomic E-state index is 12.8. The summed E-state index contributed by atoms with van der Waals surface area (Å²) in [6.07, 6.45) is 1.68. The minimum Gasteiger partial charge on any atom is -0.468 e. The summed E-state index contributed by atoms with van der Waals surface area (Å²) in [5.74, 6) is 0.941. The molecular formula is C21H22N4O3S. The van der Waals surface area contributed by atoms with E-state index < -0.39 is 0 Å². The first kappa shape index (κ1) is 19.2. The highest BCUT2D eigenvalue weighted by Gasteiger charge is 2.23. The Kier molecular flexibility index (Phi) is 5.92. The summed E-state index contributed by atoms with van der Waals surface area (Å²) in [4.78, 5) is 29.6. The molecule has 1 aliphatic heterocycles. The lowest BCUT2D eigenvalue weighted by atomic mass is 10.2. The molecule has 7 nitrogen and oxygen atoms in total. The van der Waals surface area contributed by atoms with Crippen LogP contribution in [0.25, 0.3) is 0 Å². The number of amides is 3. The Morgan fingerprint density at radius 3 is 2.45 bits per heavy atom. The Bertz CT molecular complexity index is 947. The van der Waals surface area contributed by atoms with E-state index in [0.717, 1.165) is 25.4 Å². The molecular weight excluding hydrogens is 388 g/mol. The van der Waals surface area contributed by atoms with Gasteiger partial charge in [-0.3, -0.25) is 15.0 Å². The fraction of sp³-hybridized carbons (Fsp3) is 0.238. The van der Waals surface area contributed by atoms with Gasteiger partial charge in [-0.2, -0.15) is 0 Å². The Morgan fingerprint density at radius 2 is 1.72 bits per heavy atom. The number of furan rings is 1. The van der Waals surface area contributed by atoms with E-state index in [2.05, 4.69) is 15.5 Å². The SMILES string of the molecule is O=C(Nc1ccccc1)Nc1ccc(C(=O)N2CCN(Cc3ccco3)CC2)s1. The van der Waals surface area contributed by atoms with Crippen molar-refractivity contribution < 1.29 is 14.0 Å². The van der Waals surface area contributed by atoms with Crippen LogP contribution < -0.4 is 10.6 Å². The van der Waals surface area contributed by atoms with E-state index in [9.17, 15) is 9.59 Å². The van der Waals surface area contributed by atoms with E-state index in [4.69, 9.17) is 4.42 Å². The lowest BCUT2D eigenvalue weighted by Gasteiger charge is -2.34. The first-order chi connectivity index (χ1) is 14.2. The lowest BCUT2D eigenvalue weighted by molar-refractivity contribution is 0.0625. The normalized spacial score (nSPS) is 14.6. The quantitative estimate of drug-likeness (QED) is 0.668. The minimum absolute atomic E-state index is 0.00386. The van der Waals surface area contributed by atoms with Crippen LogP contribution in [0.1, 0.15) is 15.4 Å². The third-order valence-electron chi connectivity index (χ3n) is 4.70. The molecule has 1 fully saturated rings. The van der Waals surface area contributed by atoms with Gasteiger partial charge < -0.3 is 14.6 Å². The second kappa shape index (κ2) is 8.93. The van der Waals surface area contributed by atoms with Crippen molar-refractivity contribution in [3.8, 4) is 0 Å². The molecule has 150 valence electrons. The summed E-state index contributed by atoms with van der Waals surface area (Å²) in [5, 5.41) is 6.18. The monoisotopic (exact) mass is 410 g/mol. The molecule has 2 aromatic heterocycles. The first-order valence-corrected chi connectivity index (χ1v) is 10.3. The van der Waals surface area contributed by atoms with Gasteiger partial charge in [0.25, 0.3) is 5.91 Å². The van der Waals surface area contributed by atoms with Crippen molar-refractivity contribution >= 4 is 34.0 Å². The van der Waals surface area contributed by atoms with E-state index in [1.807, 2.05) is 47.4 Å². The van der Waals surface area contributed by atoms with Crippen LogP contribution in [0.2, 0.25) is 0 Å². The van der Waals surface area contributed by atoms with Gasteiger partial charge >= 0.3 is 6.03 Å². The third-order valence-corrected chi connectivity index (χ3v) is 5.69. The number of hydrogen-bond acceptors (Lipinski definition) is 5. The van der Waals surface area contributed by atoms with Crippen molar-refractivity contribution in [2.24, 2.45) is 0 Å². The van der Waals surface area contributed by atoms with Gasteiger partial charge in [-0.25, -0.2) is 4.79 Å². The highest BCUT2D eigenvalue weighted by Crippen LogP contribution is 2.24. The molecule has 1 aliphatic rings. The average molecular weight is 410 g/mol. The van der Waals surface area contributed by atoms with E-state index in [-0.39, 0.29) is 11.9 Å². The summed E-state index contributed by atoms with van der Waals surface area (Å²) >= 11 is 1.29. The van der Waals surface area contributed by atoms with Crippen molar-refractivity contribution in [2.45, 2.75) is 6.54 Å². The number of nitrogens with zero attached hydrogens (tertiary/aromatic N) is 2. The predicted molar refractivity (Wildman–Crippen MR) is 113 cm³/mol. The second-order valence-corrected chi connectivity index (χ2v) is 7.84.